The van der Waals surface area contributed by atoms with E-state index in [1.165, 1.54) is 12.7 Å². The number of carbonyl (C=O) groups is 1. The van der Waals surface area contributed by atoms with Gasteiger partial charge in [0, 0.05) is 5.56 Å². The summed E-state index contributed by atoms with van der Waals surface area (Å²) in [5.74, 6) is 0.893. The van der Waals surface area contributed by atoms with Gasteiger partial charge >= 0.3 is 6.09 Å². The van der Waals surface area contributed by atoms with E-state index in [4.69, 9.17) is 4.74 Å². The topological polar surface area (TPSA) is 59.0 Å². The van der Waals surface area contributed by atoms with Gasteiger partial charge in [-0.3, -0.25) is 5.21 Å². The SMILES string of the molecule is COC(=O)N(O)c1c(COc2ccc(C)cc2C)cccc1C(C)C. The first-order chi connectivity index (χ1) is 11.8. The summed E-state index contributed by atoms with van der Waals surface area (Å²) in [6.07, 6.45) is -0.833. The number of aryl methyl sites for hydroxylation is 2. The molecule has 0 heterocycles. The van der Waals surface area contributed by atoms with Crippen LogP contribution in [-0.4, -0.2) is 18.4 Å². The van der Waals surface area contributed by atoms with Crippen LogP contribution < -0.4 is 9.80 Å². The molecule has 134 valence electrons. The molecule has 0 aliphatic rings. The van der Waals surface area contributed by atoms with Crippen LogP contribution in [0.1, 0.15) is 42.0 Å². The number of ether oxygens (including phenoxy) is 2. The van der Waals surface area contributed by atoms with E-state index in [1.54, 1.807) is 0 Å². The first kappa shape index (κ1) is 18.8. The summed E-state index contributed by atoms with van der Waals surface area (Å²) in [7, 11) is 1.23. The second kappa shape index (κ2) is 8.03. The van der Waals surface area contributed by atoms with Crippen LogP contribution in [0, 0.1) is 13.8 Å². The number of hydrogen-bond acceptors (Lipinski definition) is 4. The molecule has 0 aromatic heterocycles. The molecule has 5 heteroatoms. The molecule has 0 fully saturated rings. The average Bonchev–Trinajstić information content (AvgIpc) is 2.59. The largest absolute Gasteiger partial charge is 0.489 e. The van der Waals surface area contributed by atoms with Gasteiger partial charge in [0.1, 0.15) is 12.4 Å². The molecule has 0 unspecified atom stereocenters. The number of rotatable bonds is 5. The zero-order valence-corrected chi connectivity index (χ0v) is 15.4. The predicted molar refractivity (Wildman–Crippen MR) is 97.4 cm³/mol. The van der Waals surface area contributed by atoms with Crippen LogP contribution in [0.25, 0.3) is 0 Å². The van der Waals surface area contributed by atoms with Crippen LogP contribution in [0.2, 0.25) is 0 Å². The lowest BCUT2D eigenvalue weighted by Crippen LogP contribution is -2.29. The second-order valence-electron chi connectivity index (χ2n) is 6.35. The zero-order valence-electron chi connectivity index (χ0n) is 15.4. The van der Waals surface area contributed by atoms with Gasteiger partial charge in [0.25, 0.3) is 0 Å². The number of hydroxylamine groups is 1. The Kier molecular flexibility index (Phi) is 6.04. The fourth-order valence-corrected chi connectivity index (χ4v) is 2.75. The van der Waals surface area contributed by atoms with E-state index in [9.17, 15) is 10.0 Å². The van der Waals surface area contributed by atoms with Crippen molar-refractivity contribution in [1.82, 2.24) is 0 Å². The van der Waals surface area contributed by atoms with Gasteiger partial charge < -0.3 is 9.47 Å². The van der Waals surface area contributed by atoms with E-state index in [1.807, 2.05) is 64.1 Å². The minimum absolute atomic E-state index is 0.121. The average molecular weight is 343 g/mol. The number of methoxy groups -OCH3 is 1. The standard InChI is InChI=1S/C20H25NO4/c1-13(2)17-8-6-7-16(19(17)21(23)20(22)24-5)12-25-18-10-9-14(3)11-15(18)4/h6-11,13,23H,12H2,1-5H3. The Morgan fingerprint density at radius 3 is 2.52 bits per heavy atom. The number of anilines is 1. The number of carbonyl (C=O) groups excluding carboxylic acids is 1. The quantitative estimate of drug-likeness (QED) is 0.615. The number of para-hydroxylation sites is 1. The number of amides is 1. The van der Waals surface area contributed by atoms with Gasteiger partial charge in [0.2, 0.25) is 0 Å². The van der Waals surface area contributed by atoms with Crippen LogP contribution in [-0.2, 0) is 11.3 Å². The Balaban J connectivity index is 2.36. The maximum absolute atomic E-state index is 11.8. The van der Waals surface area contributed by atoms with Crippen molar-refractivity contribution in [3.63, 3.8) is 0 Å². The van der Waals surface area contributed by atoms with Gasteiger partial charge in [-0.25, -0.2) is 4.79 Å². The number of nitrogens with zero attached hydrogens (tertiary/aromatic N) is 1. The van der Waals surface area contributed by atoms with Crippen LogP contribution in [0.4, 0.5) is 10.5 Å². The molecule has 0 bridgehead atoms. The van der Waals surface area contributed by atoms with Crippen molar-refractivity contribution in [3.05, 3.63) is 58.7 Å². The lowest BCUT2D eigenvalue weighted by atomic mass is 9.97. The molecule has 2 aromatic rings. The van der Waals surface area contributed by atoms with Gasteiger partial charge in [-0.2, -0.15) is 5.06 Å². The first-order valence-electron chi connectivity index (χ1n) is 8.24. The Hall–Kier alpha value is -2.53. The molecule has 0 saturated heterocycles. The molecule has 0 aliphatic carbocycles. The molecule has 0 atom stereocenters. The summed E-state index contributed by atoms with van der Waals surface area (Å²) in [5, 5.41) is 10.8. The molecule has 0 spiro atoms. The minimum Gasteiger partial charge on any atom is -0.489 e. The summed E-state index contributed by atoms with van der Waals surface area (Å²) in [6.45, 7) is 8.24. The summed E-state index contributed by atoms with van der Waals surface area (Å²) in [5.41, 5.74) is 4.16. The zero-order chi connectivity index (χ0) is 18.6. The number of benzene rings is 2. The third-order valence-electron chi connectivity index (χ3n) is 4.05. The van der Waals surface area contributed by atoms with E-state index in [2.05, 4.69) is 4.74 Å². The highest BCUT2D eigenvalue weighted by molar-refractivity contribution is 5.87. The van der Waals surface area contributed by atoms with Crippen LogP contribution in [0.5, 0.6) is 5.75 Å². The van der Waals surface area contributed by atoms with E-state index >= 15 is 0 Å². The van der Waals surface area contributed by atoms with E-state index < -0.39 is 6.09 Å². The molecule has 1 N–H and O–H groups in total. The van der Waals surface area contributed by atoms with Crippen LogP contribution in [0.15, 0.2) is 36.4 Å². The smallest absolute Gasteiger partial charge is 0.438 e. The first-order valence-corrected chi connectivity index (χ1v) is 8.24. The van der Waals surface area contributed by atoms with Crippen molar-refractivity contribution < 1.29 is 19.5 Å². The van der Waals surface area contributed by atoms with Crippen molar-refractivity contribution >= 4 is 11.8 Å². The summed E-state index contributed by atoms with van der Waals surface area (Å²) < 4.78 is 10.6. The van der Waals surface area contributed by atoms with E-state index in [0.717, 1.165) is 16.9 Å². The maximum Gasteiger partial charge on any atom is 0.438 e. The second-order valence-corrected chi connectivity index (χ2v) is 6.35. The van der Waals surface area contributed by atoms with Crippen LogP contribution in [0.3, 0.4) is 0 Å². The molecule has 0 saturated carbocycles. The highest BCUT2D eigenvalue weighted by atomic mass is 16.6. The van der Waals surface area contributed by atoms with Crippen molar-refractivity contribution in [2.45, 2.75) is 40.2 Å². The van der Waals surface area contributed by atoms with E-state index in [-0.39, 0.29) is 12.5 Å². The number of hydrogen-bond donors (Lipinski definition) is 1. The Labute approximate surface area is 148 Å². The van der Waals surface area contributed by atoms with Gasteiger partial charge in [-0.05, 0) is 37.0 Å². The fraction of sp³-hybridized carbons (Fsp3) is 0.350. The third kappa shape index (κ3) is 4.31. The summed E-state index contributed by atoms with van der Waals surface area (Å²) in [4.78, 5) is 11.8. The Morgan fingerprint density at radius 2 is 1.92 bits per heavy atom. The minimum atomic E-state index is -0.833. The van der Waals surface area contributed by atoms with E-state index in [0.29, 0.717) is 16.3 Å². The highest BCUT2D eigenvalue weighted by Gasteiger charge is 2.22. The normalized spacial score (nSPS) is 10.7. The predicted octanol–water partition coefficient (Wildman–Crippen LogP) is 4.97. The fourth-order valence-electron chi connectivity index (χ4n) is 2.75. The summed E-state index contributed by atoms with van der Waals surface area (Å²) in [6, 6.07) is 11.6. The van der Waals surface area contributed by atoms with Gasteiger partial charge in [0.05, 0.1) is 12.8 Å². The Bertz CT molecular complexity index is 755. The van der Waals surface area contributed by atoms with Gasteiger partial charge in [0.15, 0.2) is 0 Å². The lowest BCUT2D eigenvalue weighted by molar-refractivity contribution is 0.140. The maximum atomic E-state index is 11.8. The van der Waals surface area contributed by atoms with Crippen molar-refractivity contribution in [2.75, 3.05) is 12.2 Å². The molecular weight excluding hydrogens is 318 g/mol. The lowest BCUT2D eigenvalue weighted by Gasteiger charge is -2.23. The van der Waals surface area contributed by atoms with Gasteiger partial charge in [-0.1, -0.05) is 49.7 Å². The molecule has 2 rings (SSSR count). The molecule has 5 nitrogen and oxygen atoms in total. The monoisotopic (exact) mass is 343 g/mol. The Morgan fingerprint density at radius 1 is 1.20 bits per heavy atom. The molecule has 1 amide bonds. The molecule has 0 radical (unpaired) electrons. The molecule has 25 heavy (non-hydrogen) atoms. The highest BCUT2D eigenvalue weighted by Crippen LogP contribution is 2.32. The van der Waals surface area contributed by atoms with Crippen molar-refractivity contribution in [1.29, 1.82) is 0 Å². The summed E-state index contributed by atoms with van der Waals surface area (Å²) >= 11 is 0. The van der Waals surface area contributed by atoms with Crippen molar-refractivity contribution in [3.8, 4) is 5.75 Å². The van der Waals surface area contributed by atoms with Crippen LogP contribution >= 0.6 is 0 Å². The van der Waals surface area contributed by atoms with Gasteiger partial charge in [-0.15, -0.1) is 0 Å². The molecule has 2 aromatic carbocycles. The molecule has 0 aliphatic heterocycles. The third-order valence-corrected chi connectivity index (χ3v) is 4.05. The van der Waals surface area contributed by atoms with Crippen molar-refractivity contribution in [2.24, 2.45) is 0 Å². The molecular formula is C20H25NO4.